The minimum absolute atomic E-state index is 0.516. The van der Waals surface area contributed by atoms with Crippen molar-refractivity contribution in [1.82, 2.24) is 0 Å². The van der Waals surface area contributed by atoms with Crippen LogP contribution >= 0.6 is 22.7 Å². The molecule has 1 aliphatic heterocycles. The van der Waals surface area contributed by atoms with Crippen LogP contribution in [0.4, 0.5) is 0 Å². The van der Waals surface area contributed by atoms with E-state index in [-0.39, 0.29) is 0 Å². The molecule has 0 radical (unpaired) electrons. The van der Waals surface area contributed by atoms with Crippen molar-refractivity contribution in [3.8, 4) is 5.75 Å². The van der Waals surface area contributed by atoms with Crippen molar-refractivity contribution in [1.29, 1.82) is 0 Å². The first kappa shape index (κ1) is 14.0. The van der Waals surface area contributed by atoms with Gasteiger partial charge in [0.25, 0.3) is 0 Å². The Morgan fingerprint density at radius 1 is 0.750 bits per heavy atom. The topological polar surface area (TPSA) is 9.23 Å². The van der Waals surface area contributed by atoms with Crippen LogP contribution in [0.2, 0.25) is 0 Å². The first-order valence-electron chi connectivity index (χ1n) is 7.85. The molecule has 3 heteroatoms. The third kappa shape index (κ3) is 1.98. The van der Waals surface area contributed by atoms with Crippen LogP contribution < -0.4 is 4.74 Å². The van der Waals surface area contributed by atoms with Gasteiger partial charge in [0.1, 0.15) is 5.75 Å². The molecule has 1 nitrogen and oxygen atoms in total. The van der Waals surface area contributed by atoms with Crippen LogP contribution in [0.1, 0.15) is 15.3 Å². The summed E-state index contributed by atoms with van der Waals surface area (Å²) >= 11 is 3.47. The standard InChI is InChI=1S/C21H14OS2/c1-2-6-16-15(5-1)9-10-18-17(16)11-12-21(22-18,19-7-3-13-23-19)20-8-4-14-24-20/h1-14H. The van der Waals surface area contributed by atoms with E-state index < -0.39 is 5.60 Å². The molecule has 2 aromatic carbocycles. The van der Waals surface area contributed by atoms with Gasteiger partial charge < -0.3 is 4.74 Å². The summed E-state index contributed by atoms with van der Waals surface area (Å²) in [5.74, 6) is 0.943. The van der Waals surface area contributed by atoms with Gasteiger partial charge in [0.05, 0.1) is 9.75 Å². The zero-order chi connectivity index (χ0) is 16.0. The van der Waals surface area contributed by atoms with Crippen LogP contribution in [0, 0.1) is 0 Å². The molecule has 0 atom stereocenters. The Morgan fingerprint density at radius 2 is 1.50 bits per heavy atom. The van der Waals surface area contributed by atoms with Crippen LogP contribution in [0.3, 0.4) is 0 Å². The summed E-state index contributed by atoms with van der Waals surface area (Å²) in [7, 11) is 0. The monoisotopic (exact) mass is 346 g/mol. The second-order valence-electron chi connectivity index (χ2n) is 5.82. The average molecular weight is 346 g/mol. The molecular formula is C21H14OS2. The van der Waals surface area contributed by atoms with Gasteiger partial charge in [-0.05, 0) is 51.9 Å². The van der Waals surface area contributed by atoms with Crippen LogP contribution in [0.25, 0.3) is 16.8 Å². The van der Waals surface area contributed by atoms with E-state index >= 15 is 0 Å². The predicted molar refractivity (Wildman–Crippen MR) is 103 cm³/mol. The van der Waals surface area contributed by atoms with Gasteiger partial charge in [-0.15, -0.1) is 22.7 Å². The van der Waals surface area contributed by atoms with Crippen molar-refractivity contribution >= 4 is 39.5 Å². The molecule has 0 amide bonds. The van der Waals surface area contributed by atoms with Crippen molar-refractivity contribution in [2.45, 2.75) is 5.60 Å². The SMILES string of the molecule is C1=CC(c2cccs2)(c2cccs2)Oc2ccc3ccccc3c21. The summed E-state index contributed by atoms with van der Waals surface area (Å²) in [6.07, 6.45) is 4.43. The minimum Gasteiger partial charge on any atom is -0.471 e. The minimum atomic E-state index is -0.516. The highest BCUT2D eigenvalue weighted by atomic mass is 32.1. The van der Waals surface area contributed by atoms with Gasteiger partial charge in [-0.25, -0.2) is 0 Å². The highest BCUT2D eigenvalue weighted by Crippen LogP contribution is 2.46. The second-order valence-corrected chi connectivity index (χ2v) is 7.72. The molecule has 0 bridgehead atoms. The van der Waals surface area contributed by atoms with Gasteiger partial charge >= 0.3 is 0 Å². The fraction of sp³-hybridized carbons (Fsp3) is 0.0476. The Hall–Kier alpha value is -2.36. The van der Waals surface area contributed by atoms with E-state index in [1.165, 1.54) is 20.5 Å². The Labute approximate surface area is 148 Å². The first-order valence-corrected chi connectivity index (χ1v) is 9.61. The van der Waals surface area contributed by atoms with Gasteiger partial charge in [0.15, 0.2) is 5.60 Å². The van der Waals surface area contributed by atoms with Crippen molar-refractivity contribution in [3.05, 3.63) is 92.8 Å². The van der Waals surface area contributed by atoms with Crippen molar-refractivity contribution in [2.75, 3.05) is 0 Å². The molecule has 0 fully saturated rings. The number of rotatable bonds is 2. The summed E-state index contributed by atoms with van der Waals surface area (Å²) in [4.78, 5) is 2.42. The molecule has 2 aromatic heterocycles. The first-order chi connectivity index (χ1) is 11.9. The predicted octanol–water partition coefficient (Wildman–Crippen LogP) is 6.31. The zero-order valence-corrected chi connectivity index (χ0v) is 14.4. The van der Waals surface area contributed by atoms with Crippen molar-refractivity contribution < 1.29 is 4.74 Å². The van der Waals surface area contributed by atoms with E-state index in [0.717, 1.165) is 11.3 Å². The lowest BCUT2D eigenvalue weighted by molar-refractivity contribution is 0.169. The lowest BCUT2D eigenvalue weighted by Gasteiger charge is -2.34. The summed E-state index contributed by atoms with van der Waals surface area (Å²) in [6.45, 7) is 0. The van der Waals surface area contributed by atoms with E-state index in [2.05, 4.69) is 83.6 Å². The normalized spacial score (nSPS) is 15.2. The number of hydrogen-bond donors (Lipinski definition) is 0. The average Bonchev–Trinajstić information content (AvgIpc) is 3.35. The van der Waals surface area contributed by atoms with Crippen molar-refractivity contribution in [2.24, 2.45) is 0 Å². The Kier molecular flexibility index (Phi) is 3.12. The lowest BCUT2D eigenvalue weighted by atomic mass is 9.92. The summed E-state index contributed by atoms with van der Waals surface area (Å²) in [5.41, 5.74) is 0.648. The quantitative estimate of drug-likeness (QED) is 0.413. The number of hydrogen-bond acceptors (Lipinski definition) is 3. The summed E-state index contributed by atoms with van der Waals surface area (Å²) < 4.78 is 6.65. The molecule has 3 heterocycles. The van der Waals surface area contributed by atoms with Gasteiger partial charge in [-0.2, -0.15) is 0 Å². The second kappa shape index (κ2) is 5.33. The van der Waals surface area contributed by atoms with Crippen LogP contribution in [-0.2, 0) is 5.60 Å². The van der Waals surface area contributed by atoms with Gasteiger partial charge in [0.2, 0.25) is 0 Å². The molecular weight excluding hydrogens is 332 g/mol. The fourth-order valence-electron chi connectivity index (χ4n) is 3.31. The summed E-state index contributed by atoms with van der Waals surface area (Å²) in [6, 6.07) is 21.2. The maximum absolute atomic E-state index is 6.65. The Balaban J connectivity index is 1.74. The smallest absolute Gasteiger partial charge is 0.196 e. The Bertz CT molecular complexity index is 993. The van der Waals surface area contributed by atoms with E-state index in [9.17, 15) is 0 Å². The number of benzene rings is 2. The third-order valence-electron chi connectivity index (χ3n) is 4.46. The molecule has 24 heavy (non-hydrogen) atoms. The third-order valence-corrected chi connectivity index (χ3v) is 6.43. The maximum Gasteiger partial charge on any atom is 0.196 e. The summed E-state index contributed by atoms with van der Waals surface area (Å²) in [5, 5.41) is 6.69. The van der Waals surface area contributed by atoms with E-state index in [1.54, 1.807) is 22.7 Å². The molecule has 0 N–H and O–H groups in total. The molecule has 0 spiro atoms. The van der Waals surface area contributed by atoms with Crippen LogP contribution in [-0.4, -0.2) is 0 Å². The molecule has 116 valence electrons. The maximum atomic E-state index is 6.65. The van der Waals surface area contributed by atoms with E-state index in [1.807, 2.05) is 0 Å². The molecule has 0 saturated heterocycles. The lowest BCUT2D eigenvalue weighted by Crippen LogP contribution is -2.32. The fourth-order valence-corrected chi connectivity index (χ4v) is 5.09. The van der Waals surface area contributed by atoms with Gasteiger partial charge in [-0.3, -0.25) is 0 Å². The molecule has 4 aromatic rings. The number of ether oxygens (including phenoxy) is 1. The molecule has 0 unspecified atom stereocenters. The highest BCUT2D eigenvalue weighted by Gasteiger charge is 2.39. The van der Waals surface area contributed by atoms with E-state index in [0.29, 0.717) is 0 Å². The van der Waals surface area contributed by atoms with Crippen LogP contribution in [0.5, 0.6) is 5.75 Å². The Morgan fingerprint density at radius 3 is 2.21 bits per heavy atom. The molecule has 1 aliphatic rings. The highest BCUT2D eigenvalue weighted by molar-refractivity contribution is 7.11. The molecule has 0 aliphatic carbocycles. The van der Waals surface area contributed by atoms with Crippen LogP contribution in [0.15, 0.2) is 77.5 Å². The van der Waals surface area contributed by atoms with E-state index in [4.69, 9.17) is 4.74 Å². The van der Waals surface area contributed by atoms with Gasteiger partial charge in [0, 0.05) is 5.56 Å². The van der Waals surface area contributed by atoms with Gasteiger partial charge in [-0.1, -0.05) is 42.5 Å². The van der Waals surface area contributed by atoms with Crippen molar-refractivity contribution in [3.63, 3.8) is 0 Å². The largest absolute Gasteiger partial charge is 0.471 e. The molecule has 0 saturated carbocycles. The number of fused-ring (bicyclic) bond motifs is 3. The number of thiophene rings is 2. The molecule has 5 rings (SSSR count). The zero-order valence-electron chi connectivity index (χ0n) is 12.8.